The van der Waals surface area contributed by atoms with Crippen molar-refractivity contribution in [1.29, 1.82) is 0 Å². The van der Waals surface area contributed by atoms with Crippen LogP contribution in [-0.4, -0.2) is 40.7 Å². The minimum absolute atomic E-state index is 0.0614. The van der Waals surface area contributed by atoms with Crippen molar-refractivity contribution in [2.24, 2.45) is 0 Å². The molecule has 92 valence electrons. The monoisotopic (exact) mass is 235 g/mol. The molecule has 0 aliphatic heterocycles. The minimum atomic E-state index is -0.220. The van der Waals surface area contributed by atoms with Crippen LogP contribution in [-0.2, 0) is 6.54 Å². The average Bonchev–Trinajstić information content (AvgIpc) is 2.37. The van der Waals surface area contributed by atoms with E-state index in [1.807, 2.05) is 12.1 Å². The first-order valence-electron chi connectivity index (χ1n) is 5.41. The Morgan fingerprint density at radius 3 is 3.06 bits per heavy atom. The third-order valence-electron chi connectivity index (χ3n) is 2.17. The van der Waals surface area contributed by atoms with Crippen molar-refractivity contribution >= 4 is 6.03 Å². The number of amides is 2. The van der Waals surface area contributed by atoms with E-state index >= 15 is 0 Å². The molecule has 0 aliphatic rings. The number of urea groups is 1. The van der Waals surface area contributed by atoms with E-state index in [4.69, 9.17) is 5.11 Å². The van der Waals surface area contributed by atoms with Crippen molar-refractivity contribution in [2.45, 2.75) is 6.54 Å². The molecule has 1 aromatic rings. The summed E-state index contributed by atoms with van der Waals surface area (Å²) < 4.78 is 0. The van der Waals surface area contributed by atoms with Crippen LogP contribution in [0.5, 0.6) is 0 Å². The van der Waals surface area contributed by atoms with Gasteiger partial charge in [0.2, 0.25) is 0 Å². The van der Waals surface area contributed by atoms with Gasteiger partial charge in [0.05, 0.1) is 6.61 Å². The fourth-order valence-electron chi connectivity index (χ4n) is 1.34. The predicted octanol–water partition coefficient (Wildman–Crippen LogP) is 0.771. The number of pyridine rings is 1. The summed E-state index contributed by atoms with van der Waals surface area (Å²) in [5, 5.41) is 11.6. The lowest BCUT2D eigenvalue weighted by molar-refractivity contribution is 0.183. The van der Waals surface area contributed by atoms with Crippen molar-refractivity contribution in [1.82, 2.24) is 15.2 Å². The fourth-order valence-corrected chi connectivity index (χ4v) is 1.34. The number of nitrogens with one attached hydrogen (secondary N) is 1. The summed E-state index contributed by atoms with van der Waals surface area (Å²) in [4.78, 5) is 17.2. The largest absolute Gasteiger partial charge is 0.395 e. The zero-order valence-corrected chi connectivity index (χ0v) is 9.67. The van der Waals surface area contributed by atoms with Gasteiger partial charge in [-0.05, 0) is 11.6 Å². The molecule has 17 heavy (non-hydrogen) atoms. The molecule has 0 aliphatic carbocycles. The normalized spacial score (nSPS) is 9.71. The zero-order valence-electron chi connectivity index (χ0n) is 9.67. The quantitative estimate of drug-likeness (QED) is 0.716. The Hall–Kier alpha value is -1.88. The van der Waals surface area contributed by atoms with Gasteiger partial charge in [-0.1, -0.05) is 12.1 Å². The minimum Gasteiger partial charge on any atom is -0.395 e. The molecule has 0 spiro atoms. The van der Waals surface area contributed by atoms with Crippen LogP contribution in [0.4, 0.5) is 4.79 Å². The Bertz CT molecular complexity index is 354. The average molecular weight is 235 g/mol. The highest BCUT2D eigenvalue weighted by Gasteiger charge is 2.10. The topological polar surface area (TPSA) is 65.5 Å². The number of nitrogens with zero attached hydrogens (tertiary/aromatic N) is 2. The van der Waals surface area contributed by atoms with E-state index in [0.717, 1.165) is 5.56 Å². The van der Waals surface area contributed by atoms with Crippen molar-refractivity contribution in [3.8, 4) is 0 Å². The predicted molar refractivity (Wildman–Crippen MR) is 65.3 cm³/mol. The van der Waals surface area contributed by atoms with E-state index in [-0.39, 0.29) is 12.6 Å². The SMILES string of the molecule is C=CCN(CCO)C(=O)NCc1cccnc1. The second kappa shape index (κ2) is 7.40. The Labute approximate surface area is 101 Å². The van der Waals surface area contributed by atoms with Crippen molar-refractivity contribution in [3.63, 3.8) is 0 Å². The first-order chi connectivity index (χ1) is 8.27. The van der Waals surface area contributed by atoms with Crippen LogP contribution in [0.3, 0.4) is 0 Å². The summed E-state index contributed by atoms with van der Waals surface area (Å²) >= 11 is 0. The number of carbonyl (C=O) groups excluding carboxylic acids is 1. The molecular weight excluding hydrogens is 218 g/mol. The zero-order chi connectivity index (χ0) is 12.5. The van der Waals surface area contributed by atoms with Gasteiger partial charge in [-0.2, -0.15) is 0 Å². The lowest BCUT2D eigenvalue weighted by Gasteiger charge is -2.20. The number of hydrogen-bond donors (Lipinski definition) is 2. The van der Waals surface area contributed by atoms with Gasteiger partial charge in [0.1, 0.15) is 0 Å². The maximum absolute atomic E-state index is 11.7. The van der Waals surface area contributed by atoms with Gasteiger partial charge < -0.3 is 15.3 Å². The molecule has 1 rings (SSSR count). The Morgan fingerprint density at radius 1 is 1.65 bits per heavy atom. The highest BCUT2D eigenvalue weighted by molar-refractivity contribution is 5.74. The Kier molecular flexibility index (Phi) is 5.74. The standard InChI is InChI=1S/C12H17N3O2/c1-2-6-15(7-8-16)12(17)14-10-11-4-3-5-13-9-11/h2-5,9,16H,1,6-8,10H2,(H,14,17). The maximum Gasteiger partial charge on any atom is 0.318 e. The lowest BCUT2D eigenvalue weighted by Crippen LogP contribution is -2.41. The first-order valence-corrected chi connectivity index (χ1v) is 5.41. The second-order valence-electron chi connectivity index (χ2n) is 3.48. The molecule has 5 nitrogen and oxygen atoms in total. The fraction of sp³-hybridized carbons (Fsp3) is 0.333. The highest BCUT2D eigenvalue weighted by atomic mass is 16.3. The molecule has 2 N–H and O–H groups in total. The number of aliphatic hydroxyl groups excluding tert-OH is 1. The van der Waals surface area contributed by atoms with E-state index in [9.17, 15) is 4.79 Å². The van der Waals surface area contributed by atoms with E-state index < -0.39 is 0 Å². The Balaban J connectivity index is 2.44. The lowest BCUT2D eigenvalue weighted by atomic mass is 10.3. The number of carbonyl (C=O) groups is 1. The van der Waals surface area contributed by atoms with E-state index in [1.54, 1.807) is 18.5 Å². The van der Waals surface area contributed by atoms with Crippen LogP contribution in [0.15, 0.2) is 37.2 Å². The van der Waals surface area contributed by atoms with Crippen LogP contribution < -0.4 is 5.32 Å². The summed E-state index contributed by atoms with van der Waals surface area (Å²) in [6.45, 7) is 4.64. The molecule has 0 atom stereocenters. The second-order valence-corrected chi connectivity index (χ2v) is 3.48. The summed E-state index contributed by atoms with van der Waals surface area (Å²) in [5.74, 6) is 0. The van der Waals surface area contributed by atoms with Gasteiger partial charge >= 0.3 is 6.03 Å². The third kappa shape index (κ3) is 4.65. The van der Waals surface area contributed by atoms with E-state index in [2.05, 4.69) is 16.9 Å². The number of rotatable bonds is 6. The highest BCUT2D eigenvalue weighted by Crippen LogP contribution is 1.96. The summed E-state index contributed by atoms with van der Waals surface area (Å²) in [5.41, 5.74) is 0.934. The molecular formula is C12H17N3O2. The molecule has 0 saturated carbocycles. The van der Waals surface area contributed by atoms with Gasteiger partial charge in [0.15, 0.2) is 0 Å². The molecule has 0 bridgehead atoms. The third-order valence-corrected chi connectivity index (χ3v) is 2.17. The van der Waals surface area contributed by atoms with Gasteiger partial charge in [0.25, 0.3) is 0 Å². The van der Waals surface area contributed by atoms with Crippen LogP contribution in [0.2, 0.25) is 0 Å². The van der Waals surface area contributed by atoms with Crippen molar-refractivity contribution in [2.75, 3.05) is 19.7 Å². The Morgan fingerprint density at radius 2 is 2.47 bits per heavy atom. The maximum atomic E-state index is 11.7. The van der Waals surface area contributed by atoms with Gasteiger partial charge in [-0.15, -0.1) is 6.58 Å². The van der Waals surface area contributed by atoms with Crippen molar-refractivity contribution in [3.05, 3.63) is 42.7 Å². The molecule has 2 amide bonds. The van der Waals surface area contributed by atoms with Gasteiger partial charge in [-0.3, -0.25) is 4.98 Å². The molecule has 0 unspecified atom stereocenters. The summed E-state index contributed by atoms with van der Waals surface area (Å²) in [6, 6.07) is 3.48. The van der Waals surface area contributed by atoms with E-state index in [0.29, 0.717) is 19.6 Å². The van der Waals surface area contributed by atoms with Crippen LogP contribution in [0.1, 0.15) is 5.56 Å². The number of hydrogen-bond acceptors (Lipinski definition) is 3. The summed E-state index contributed by atoms with van der Waals surface area (Å²) in [6.07, 6.45) is 5.00. The molecule has 0 aromatic carbocycles. The summed E-state index contributed by atoms with van der Waals surface area (Å²) in [7, 11) is 0. The first kappa shape index (κ1) is 13.2. The van der Waals surface area contributed by atoms with Crippen molar-refractivity contribution < 1.29 is 9.90 Å². The smallest absolute Gasteiger partial charge is 0.318 e. The van der Waals surface area contributed by atoms with Gasteiger partial charge in [0, 0.05) is 32.0 Å². The van der Waals surface area contributed by atoms with Crippen LogP contribution >= 0.6 is 0 Å². The molecule has 0 saturated heterocycles. The molecule has 1 aromatic heterocycles. The van der Waals surface area contributed by atoms with Gasteiger partial charge in [-0.25, -0.2) is 4.79 Å². The van der Waals surface area contributed by atoms with E-state index in [1.165, 1.54) is 4.90 Å². The number of aliphatic hydroxyl groups is 1. The number of aromatic nitrogens is 1. The van der Waals surface area contributed by atoms with Crippen LogP contribution in [0.25, 0.3) is 0 Å². The molecule has 0 radical (unpaired) electrons. The molecule has 5 heteroatoms. The molecule has 1 heterocycles. The van der Waals surface area contributed by atoms with Crippen LogP contribution in [0, 0.1) is 0 Å². The molecule has 0 fully saturated rings.